The molecule has 3 heterocycles. The van der Waals surface area contributed by atoms with Gasteiger partial charge >= 0.3 is 6.18 Å². The molecule has 0 aliphatic heterocycles. The van der Waals surface area contributed by atoms with E-state index in [0.717, 1.165) is 0 Å². The summed E-state index contributed by atoms with van der Waals surface area (Å²) in [7, 11) is 0. The minimum atomic E-state index is -4.32. The van der Waals surface area contributed by atoms with Gasteiger partial charge in [0.25, 0.3) is 5.91 Å². The van der Waals surface area contributed by atoms with Crippen molar-refractivity contribution in [3.05, 3.63) is 59.6 Å². The van der Waals surface area contributed by atoms with Gasteiger partial charge in [-0.15, -0.1) is 0 Å². The number of alkyl halides is 3. The highest BCUT2D eigenvalue weighted by Crippen LogP contribution is 2.25. The second kappa shape index (κ2) is 9.11. The van der Waals surface area contributed by atoms with Crippen LogP contribution in [0.1, 0.15) is 41.6 Å². The van der Waals surface area contributed by atoms with Gasteiger partial charge in [0.15, 0.2) is 11.4 Å². The Labute approximate surface area is 181 Å². The summed E-state index contributed by atoms with van der Waals surface area (Å²) in [5.74, 6) is -0.727. The number of fused-ring (bicyclic) bond motifs is 1. The van der Waals surface area contributed by atoms with Gasteiger partial charge in [-0.05, 0) is 44.5 Å². The van der Waals surface area contributed by atoms with Gasteiger partial charge in [0, 0.05) is 30.9 Å². The number of aromatic nitrogens is 3. The maximum Gasteiger partial charge on any atom is 0.389 e. The highest BCUT2D eigenvalue weighted by molar-refractivity contribution is 5.95. The van der Waals surface area contributed by atoms with E-state index in [1.54, 1.807) is 25.3 Å². The van der Waals surface area contributed by atoms with Crippen LogP contribution >= 0.6 is 0 Å². The molecular weight excluding hydrogens is 430 g/mol. The Bertz CT molecular complexity index is 1110. The summed E-state index contributed by atoms with van der Waals surface area (Å²) < 4.78 is 58.4. The van der Waals surface area contributed by atoms with E-state index < -0.39 is 29.9 Å². The van der Waals surface area contributed by atoms with Gasteiger partial charge in [0.05, 0.1) is 5.69 Å². The molecule has 0 aromatic carbocycles. The van der Waals surface area contributed by atoms with Crippen LogP contribution in [0.2, 0.25) is 0 Å². The predicted octanol–water partition coefficient (Wildman–Crippen LogP) is 3.55. The van der Waals surface area contributed by atoms with Crippen molar-refractivity contribution in [2.24, 2.45) is 5.73 Å². The first kappa shape index (κ1) is 23.5. The van der Waals surface area contributed by atoms with E-state index in [9.17, 15) is 22.4 Å². The van der Waals surface area contributed by atoms with Crippen LogP contribution in [0.15, 0.2) is 36.7 Å². The molecule has 3 aromatic heterocycles. The van der Waals surface area contributed by atoms with Crippen LogP contribution in [-0.2, 0) is 6.61 Å². The number of imidazole rings is 1. The van der Waals surface area contributed by atoms with Gasteiger partial charge in [-0.3, -0.25) is 14.2 Å². The zero-order valence-corrected chi connectivity index (χ0v) is 17.5. The van der Waals surface area contributed by atoms with Crippen LogP contribution in [-0.4, -0.2) is 38.5 Å². The van der Waals surface area contributed by atoms with Crippen LogP contribution in [0.25, 0.3) is 5.65 Å². The lowest BCUT2D eigenvalue weighted by Crippen LogP contribution is -2.48. The summed E-state index contributed by atoms with van der Waals surface area (Å²) in [4.78, 5) is 21.1. The molecular formula is C21H23F4N5O2. The van der Waals surface area contributed by atoms with E-state index in [2.05, 4.69) is 15.3 Å². The number of nitrogens with two attached hydrogens (primary N) is 1. The van der Waals surface area contributed by atoms with Gasteiger partial charge < -0.3 is 15.8 Å². The molecule has 3 rings (SSSR count). The zero-order chi connectivity index (χ0) is 23.5. The van der Waals surface area contributed by atoms with E-state index in [-0.39, 0.29) is 31.0 Å². The number of amides is 1. The Morgan fingerprint density at radius 2 is 2.00 bits per heavy atom. The Morgan fingerprint density at radius 1 is 1.25 bits per heavy atom. The Kier molecular flexibility index (Phi) is 6.68. The Hall–Kier alpha value is -3.21. The fourth-order valence-electron chi connectivity index (χ4n) is 3.09. The van der Waals surface area contributed by atoms with E-state index in [1.165, 1.54) is 29.7 Å². The monoisotopic (exact) mass is 453 g/mol. The number of halogens is 4. The van der Waals surface area contributed by atoms with E-state index >= 15 is 0 Å². The average molecular weight is 453 g/mol. The molecule has 0 saturated heterocycles. The molecule has 3 N–H and O–H groups in total. The highest BCUT2D eigenvalue weighted by Gasteiger charge is 2.32. The predicted molar refractivity (Wildman–Crippen MR) is 109 cm³/mol. The van der Waals surface area contributed by atoms with Gasteiger partial charge in [0.1, 0.15) is 23.8 Å². The van der Waals surface area contributed by atoms with Crippen molar-refractivity contribution in [2.45, 2.75) is 45.0 Å². The van der Waals surface area contributed by atoms with E-state index in [1.807, 2.05) is 0 Å². The lowest BCUT2D eigenvalue weighted by Gasteiger charge is -2.25. The molecule has 0 aliphatic carbocycles. The second-order valence-electron chi connectivity index (χ2n) is 7.78. The molecule has 3 aromatic rings. The first-order valence-electron chi connectivity index (χ1n) is 9.80. The zero-order valence-electron chi connectivity index (χ0n) is 17.5. The quantitative estimate of drug-likeness (QED) is 0.509. The number of nitrogens with one attached hydrogen (secondary N) is 1. The number of aryl methyl sites for hydroxylation is 1. The van der Waals surface area contributed by atoms with Gasteiger partial charge in [-0.25, -0.2) is 9.37 Å². The third-order valence-corrected chi connectivity index (χ3v) is 4.84. The van der Waals surface area contributed by atoms with Crippen LogP contribution in [0.4, 0.5) is 17.6 Å². The molecule has 0 saturated carbocycles. The standard InChI is InChI=1S/C21H23F4N5O2/c1-13-17(19(31)28-12-20(2,26)7-8-21(23,24)25)30-10-4-6-16(18(30)29-13)32-11-15-14(22)5-3-9-27-15/h3-6,9-10H,7-8,11-12,26H2,1-2H3,(H,28,31). The highest BCUT2D eigenvalue weighted by atomic mass is 19.4. The molecule has 11 heteroatoms. The van der Waals surface area contributed by atoms with Crippen molar-refractivity contribution in [1.82, 2.24) is 19.7 Å². The van der Waals surface area contributed by atoms with Crippen LogP contribution in [0, 0.1) is 12.7 Å². The number of hydrogen-bond donors (Lipinski definition) is 2. The molecule has 0 radical (unpaired) electrons. The van der Waals surface area contributed by atoms with E-state index in [0.29, 0.717) is 17.1 Å². The fourth-order valence-corrected chi connectivity index (χ4v) is 3.09. The molecule has 32 heavy (non-hydrogen) atoms. The molecule has 0 bridgehead atoms. The molecule has 1 amide bonds. The number of hydrogen-bond acceptors (Lipinski definition) is 5. The van der Waals surface area contributed by atoms with Gasteiger partial charge in [0.2, 0.25) is 0 Å². The molecule has 7 nitrogen and oxygen atoms in total. The minimum Gasteiger partial charge on any atom is -0.483 e. The third kappa shape index (κ3) is 5.72. The number of carbonyl (C=O) groups is 1. The average Bonchev–Trinajstić information content (AvgIpc) is 3.06. The number of ether oxygens (including phenoxy) is 1. The summed E-state index contributed by atoms with van der Waals surface area (Å²) in [6.45, 7) is 2.78. The van der Waals surface area contributed by atoms with Crippen molar-refractivity contribution < 1.29 is 27.1 Å². The summed E-state index contributed by atoms with van der Waals surface area (Å²) in [5.41, 5.74) is 5.71. The lowest BCUT2D eigenvalue weighted by atomic mass is 9.97. The molecule has 1 unspecified atom stereocenters. The maximum absolute atomic E-state index is 13.8. The second-order valence-corrected chi connectivity index (χ2v) is 7.78. The SMILES string of the molecule is Cc1nc2c(OCc3ncccc3F)cccn2c1C(=O)NCC(C)(N)CCC(F)(F)F. The summed E-state index contributed by atoms with van der Waals surface area (Å²) in [6, 6.07) is 6.00. The van der Waals surface area contributed by atoms with Crippen molar-refractivity contribution in [1.29, 1.82) is 0 Å². The first-order valence-corrected chi connectivity index (χ1v) is 9.80. The summed E-state index contributed by atoms with van der Waals surface area (Å²) in [5, 5.41) is 2.59. The fraction of sp³-hybridized carbons (Fsp3) is 0.381. The van der Waals surface area contributed by atoms with E-state index in [4.69, 9.17) is 10.5 Å². The number of rotatable bonds is 8. The Balaban J connectivity index is 1.75. The van der Waals surface area contributed by atoms with Gasteiger partial charge in [-0.2, -0.15) is 13.2 Å². The summed E-state index contributed by atoms with van der Waals surface area (Å²) >= 11 is 0. The first-order chi connectivity index (χ1) is 15.0. The van der Waals surface area contributed by atoms with Crippen LogP contribution in [0.3, 0.4) is 0 Å². The minimum absolute atomic E-state index is 0.122. The largest absolute Gasteiger partial charge is 0.483 e. The van der Waals surface area contributed by atoms with Crippen molar-refractivity contribution in [3.8, 4) is 5.75 Å². The lowest BCUT2D eigenvalue weighted by molar-refractivity contribution is -0.137. The Morgan fingerprint density at radius 3 is 2.69 bits per heavy atom. The smallest absolute Gasteiger partial charge is 0.389 e. The van der Waals surface area contributed by atoms with Crippen molar-refractivity contribution >= 4 is 11.6 Å². The molecule has 0 fully saturated rings. The molecule has 0 aliphatic rings. The molecule has 1 atom stereocenters. The number of carbonyl (C=O) groups excluding carboxylic acids is 1. The van der Waals surface area contributed by atoms with Crippen molar-refractivity contribution in [3.63, 3.8) is 0 Å². The summed E-state index contributed by atoms with van der Waals surface area (Å²) in [6.07, 6.45) is -2.64. The number of pyridine rings is 2. The molecule has 172 valence electrons. The van der Waals surface area contributed by atoms with Gasteiger partial charge in [-0.1, -0.05) is 0 Å². The topological polar surface area (TPSA) is 94.5 Å². The van der Waals surface area contributed by atoms with Crippen molar-refractivity contribution in [2.75, 3.05) is 6.54 Å². The normalized spacial score (nSPS) is 13.7. The maximum atomic E-state index is 13.8. The van der Waals surface area contributed by atoms with Crippen LogP contribution in [0.5, 0.6) is 5.75 Å². The third-order valence-electron chi connectivity index (χ3n) is 4.84. The molecule has 0 spiro atoms. The number of nitrogens with zero attached hydrogens (tertiary/aromatic N) is 3. The van der Waals surface area contributed by atoms with Crippen LogP contribution < -0.4 is 15.8 Å².